The summed E-state index contributed by atoms with van der Waals surface area (Å²) in [6.45, 7) is 1.64. The van der Waals surface area contributed by atoms with Crippen LogP contribution >= 0.6 is 0 Å². The predicted octanol–water partition coefficient (Wildman–Crippen LogP) is 2.56. The van der Waals surface area contributed by atoms with Crippen molar-refractivity contribution in [3.05, 3.63) is 35.4 Å². The zero-order valence-corrected chi connectivity index (χ0v) is 14.5. The second kappa shape index (κ2) is 8.23. The van der Waals surface area contributed by atoms with Crippen LogP contribution in [0.25, 0.3) is 0 Å². The molecule has 138 valence electrons. The minimum Gasteiger partial charge on any atom is -0.352 e. The monoisotopic (exact) mass is 351 g/mol. The Morgan fingerprint density at radius 3 is 2.68 bits per heavy atom. The van der Waals surface area contributed by atoms with Crippen LogP contribution in [0.3, 0.4) is 0 Å². The van der Waals surface area contributed by atoms with Gasteiger partial charge in [0.2, 0.25) is 5.91 Å². The number of halogens is 2. The molecule has 2 aliphatic rings. The van der Waals surface area contributed by atoms with Crippen molar-refractivity contribution >= 4 is 5.91 Å². The highest BCUT2D eigenvalue weighted by Crippen LogP contribution is 2.24. The van der Waals surface area contributed by atoms with Crippen LogP contribution in [0.1, 0.15) is 44.1 Å². The van der Waals surface area contributed by atoms with Crippen molar-refractivity contribution in [3.63, 3.8) is 0 Å². The van der Waals surface area contributed by atoms with Gasteiger partial charge in [-0.25, -0.2) is 8.78 Å². The molecule has 3 N–H and O–H groups in total. The molecule has 2 fully saturated rings. The number of carbonyl (C=O) groups is 1. The number of nitrogens with two attached hydrogens (primary N) is 1. The highest BCUT2D eigenvalue weighted by molar-refractivity contribution is 5.79. The van der Waals surface area contributed by atoms with Crippen LogP contribution in [-0.4, -0.2) is 36.0 Å². The van der Waals surface area contributed by atoms with Gasteiger partial charge in [-0.05, 0) is 50.8 Å². The second-order valence-electron chi connectivity index (χ2n) is 7.41. The largest absolute Gasteiger partial charge is 0.352 e. The lowest BCUT2D eigenvalue weighted by atomic mass is 9.85. The van der Waals surface area contributed by atoms with Crippen molar-refractivity contribution in [2.45, 2.75) is 57.2 Å². The topological polar surface area (TPSA) is 58.4 Å². The summed E-state index contributed by atoms with van der Waals surface area (Å²) in [4.78, 5) is 14.5. The maximum atomic E-state index is 13.8. The molecule has 1 aliphatic carbocycles. The van der Waals surface area contributed by atoms with E-state index in [1.54, 1.807) is 0 Å². The molecule has 1 aromatic carbocycles. The highest BCUT2D eigenvalue weighted by atomic mass is 19.1. The smallest absolute Gasteiger partial charge is 0.223 e. The van der Waals surface area contributed by atoms with Crippen LogP contribution in [0.4, 0.5) is 8.78 Å². The summed E-state index contributed by atoms with van der Waals surface area (Å²) >= 11 is 0. The summed E-state index contributed by atoms with van der Waals surface area (Å²) in [5.74, 6) is -0.938. The van der Waals surface area contributed by atoms with E-state index in [0.717, 1.165) is 45.1 Å². The molecule has 3 unspecified atom stereocenters. The molecule has 1 aromatic rings. The summed E-state index contributed by atoms with van der Waals surface area (Å²) < 4.78 is 27.7. The predicted molar refractivity (Wildman–Crippen MR) is 92.7 cm³/mol. The van der Waals surface area contributed by atoms with E-state index in [1.807, 2.05) is 4.90 Å². The third kappa shape index (κ3) is 4.76. The number of amides is 1. The molecular formula is C19H27F2N3O. The summed E-state index contributed by atoms with van der Waals surface area (Å²) in [5.41, 5.74) is 6.08. The number of rotatable bonds is 4. The van der Waals surface area contributed by atoms with Gasteiger partial charge in [-0.3, -0.25) is 9.69 Å². The van der Waals surface area contributed by atoms with E-state index in [1.165, 1.54) is 18.2 Å². The van der Waals surface area contributed by atoms with Crippen LogP contribution in [0.2, 0.25) is 0 Å². The normalized spacial score (nSPS) is 27.9. The Kier molecular flexibility index (Phi) is 6.02. The van der Waals surface area contributed by atoms with Crippen LogP contribution in [0.15, 0.2) is 18.2 Å². The Labute approximate surface area is 147 Å². The number of carbonyl (C=O) groups excluding carboxylic acids is 1. The molecule has 0 bridgehead atoms. The molecular weight excluding hydrogens is 324 g/mol. The second-order valence-corrected chi connectivity index (χ2v) is 7.41. The first kappa shape index (κ1) is 18.3. The third-order valence-electron chi connectivity index (χ3n) is 5.38. The van der Waals surface area contributed by atoms with Gasteiger partial charge in [0.25, 0.3) is 0 Å². The van der Waals surface area contributed by atoms with E-state index < -0.39 is 11.6 Å². The third-order valence-corrected chi connectivity index (χ3v) is 5.38. The molecule has 1 aliphatic heterocycles. The van der Waals surface area contributed by atoms with Gasteiger partial charge in [0, 0.05) is 36.7 Å². The van der Waals surface area contributed by atoms with Crippen LogP contribution in [0.5, 0.6) is 0 Å². The molecule has 1 heterocycles. The first-order chi connectivity index (χ1) is 12.0. The van der Waals surface area contributed by atoms with Gasteiger partial charge in [0.15, 0.2) is 0 Å². The van der Waals surface area contributed by atoms with E-state index in [9.17, 15) is 13.6 Å². The zero-order valence-electron chi connectivity index (χ0n) is 14.5. The van der Waals surface area contributed by atoms with Crippen molar-refractivity contribution < 1.29 is 13.6 Å². The van der Waals surface area contributed by atoms with Gasteiger partial charge in [0.05, 0.1) is 0 Å². The zero-order chi connectivity index (χ0) is 17.8. The molecule has 3 rings (SSSR count). The van der Waals surface area contributed by atoms with Gasteiger partial charge < -0.3 is 11.1 Å². The number of nitrogens with zero attached hydrogens (tertiary/aromatic N) is 1. The Bertz CT molecular complexity index is 590. The molecule has 1 amide bonds. The lowest BCUT2D eigenvalue weighted by molar-refractivity contribution is -0.127. The van der Waals surface area contributed by atoms with Gasteiger partial charge in [0.1, 0.15) is 11.6 Å². The summed E-state index contributed by atoms with van der Waals surface area (Å²) in [6, 6.07) is 4.11. The molecule has 25 heavy (non-hydrogen) atoms. The van der Waals surface area contributed by atoms with Gasteiger partial charge in [-0.1, -0.05) is 12.5 Å². The summed E-state index contributed by atoms with van der Waals surface area (Å²) in [7, 11) is 0. The number of hydrogen-bond donors (Lipinski definition) is 2. The fraction of sp³-hybridized carbons (Fsp3) is 0.632. The molecule has 6 heteroatoms. The number of hydrogen-bond acceptors (Lipinski definition) is 3. The van der Waals surface area contributed by atoms with Crippen LogP contribution in [0, 0.1) is 17.6 Å². The fourth-order valence-corrected chi connectivity index (χ4v) is 4.01. The molecule has 1 saturated heterocycles. The number of nitrogens with one attached hydrogen (secondary N) is 1. The Morgan fingerprint density at radius 2 is 1.96 bits per heavy atom. The Morgan fingerprint density at radius 1 is 1.20 bits per heavy atom. The average Bonchev–Trinajstić information content (AvgIpc) is 2.59. The lowest BCUT2D eigenvalue weighted by Gasteiger charge is -2.34. The van der Waals surface area contributed by atoms with Crippen LogP contribution in [-0.2, 0) is 11.3 Å². The number of likely N-dealkylation sites (tertiary alicyclic amines) is 1. The fourth-order valence-electron chi connectivity index (χ4n) is 4.01. The van der Waals surface area contributed by atoms with E-state index in [4.69, 9.17) is 5.73 Å². The highest BCUT2D eigenvalue weighted by Gasteiger charge is 2.29. The van der Waals surface area contributed by atoms with E-state index in [2.05, 4.69) is 5.32 Å². The maximum absolute atomic E-state index is 13.8. The van der Waals surface area contributed by atoms with Gasteiger partial charge in [-0.2, -0.15) is 0 Å². The SMILES string of the molecule is NC1CCCC(C(=O)NC2CCCN(Cc3c(F)cccc3F)C2)C1. The standard InChI is InChI=1S/C19H27F2N3O/c20-17-7-2-8-18(21)16(17)12-24-9-3-6-15(11-24)23-19(25)13-4-1-5-14(22)10-13/h2,7-8,13-15H,1,3-6,9-12,22H2,(H,23,25). The molecule has 1 saturated carbocycles. The van der Waals surface area contributed by atoms with Crippen molar-refractivity contribution in [1.29, 1.82) is 0 Å². The average molecular weight is 351 g/mol. The summed E-state index contributed by atoms with van der Waals surface area (Å²) in [6.07, 6.45) is 5.46. The quantitative estimate of drug-likeness (QED) is 0.877. The summed E-state index contributed by atoms with van der Waals surface area (Å²) in [5, 5.41) is 3.13. The Balaban J connectivity index is 1.55. The minimum absolute atomic E-state index is 0.00291. The lowest BCUT2D eigenvalue weighted by Crippen LogP contribution is -2.49. The van der Waals surface area contributed by atoms with E-state index in [-0.39, 0.29) is 36.0 Å². The molecule has 0 radical (unpaired) electrons. The van der Waals surface area contributed by atoms with E-state index >= 15 is 0 Å². The first-order valence-corrected chi connectivity index (χ1v) is 9.24. The van der Waals surface area contributed by atoms with E-state index in [0.29, 0.717) is 6.54 Å². The molecule has 0 spiro atoms. The van der Waals surface area contributed by atoms with Gasteiger partial charge in [-0.15, -0.1) is 0 Å². The molecule has 3 atom stereocenters. The van der Waals surface area contributed by atoms with Gasteiger partial charge >= 0.3 is 0 Å². The number of benzene rings is 1. The maximum Gasteiger partial charge on any atom is 0.223 e. The first-order valence-electron chi connectivity index (χ1n) is 9.24. The minimum atomic E-state index is -0.512. The molecule has 0 aromatic heterocycles. The Hall–Kier alpha value is -1.53. The van der Waals surface area contributed by atoms with Crippen molar-refractivity contribution in [2.75, 3.05) is 13.1 Å². The van der Waals surface area contributed by atoms with Crippen LogP contribution < -0.4 is 11.1 Å². The molecule has 4 nitrogen and oxygen atoms in total. The number of piperidine rings is 1. The van der Waals surface area contributed by atoms with Crippen molar-refractivity contribution in [1.82, 2.24) is 10.2 Å². The van der Waals surface area contributed by atoms with Crippen molar-refractivity contribution in [3.8, 4) is 0 Å². The van der Waals surface area contributed by atoms with Crippen molar-refractivity contribution in [2.24, 2.45) is 11.7 Å².